The summed E-state index contributed by atoms with van der Waals surface area (Å²) in [6, 6.07) is 0. The third-order valence-corrected chi connectivity index (χ3v) is 1.16. The Kier molecular flexibility index (Phi) is 3.03. The molecule has 0 bridgehead atoms. The van der Waals surface area contributed by atoms with Gasteiger partial charge in [-0.25, -0.2) is 0 Å². The molecule has 0 saturated heterocycles. The van der Waals surface area contributed by atoms with E-state index in [0.29, 0.717) is 0 Å². The Morgan fingerprint density at radius 3 is 2.11 bits per heavy atom. The molecule has 1 radical (unpaired) electrons. The molecular formula is C4H4F3OS. The maximum absolute atomic E-state index is 11.2. The molecule has 0 N–H and O–H groups in total. The Labute approximate surface area is 54.6 Å². The van der Waals surface area contributed by atoms with Crippen molar-refractivity contribution >= 4 is 16.9 Å². The van der Waals surface area contributed by atoms with Crippen molar-refractivity contribution in [3.05, 3.63) is 6.92 Å². The third-order valence-electron chi connectivity index (χ3n) is 0.465. The van der Waals surface area contributed by atoms with Gasteiger partial charge in [0.15, 0.2) is 0 Å². The van der Waals surface area contributed by atoms with Crippen LogP contribution in [0.25, 0.3) is 0 Å². The molecule has 0 aromatic heterocycles. The number of hydrogen-bond acceptors (Lipinski definition) is 2. The quantitative estimate of drug-likeness (QED) is 0.575. The number of rotatable bonds is 1. The third kappa shape index (κ3) is 3.40. The molecule has 0 aliphatic rings. The van der Waals surface area contributed by atoms with Crippen LogP contribution in [-0.4, -0.2) is 17.0 Å². The van der Waals surface area contributed by atoms with E-state index in [4.69, 9.17) is 0 Å². The van der Waals surface area contributed by atoms with Gasteiger partial charge in [-0.2, -0.15) is 13.2 Å². The highest BCUT2D eigenvalue weighted by molar-refractivity contribution is 8.13. The van der Waals surface area contributed by atoms with Crippen LogP contribution >= 0.6 is 11.8 Å². The van der Waals surface area contributed by atoms with E-state index in [1.165, 1.54) is 0 Å². The predicted octanol–water partition coefficient (Wildman–Crippen LogP) is 1.64. The lowest BCUT2D eigenvalue weighted by Crippen LogP contribution is -2.18. The van der Waals surface area contributed by atoms with E-state index >= 15 is 0 Å². The van der Waals surface area contributed by atoms with Crippen LogP contribution in [0, 0.1) is 6.92 Å². The fraction of sp³-hybridized carbons (Fsp3) is 0.500. The monoisotopic (exact) mass is 157 g/mol. The zero-order valence-electron chi connectivity index (χ0n) is 4.36. The van der Waals surface area contributed by atoms with Gasteiger partial charge in [-0.05, 0) is 6.92 Å². The van der Waals surface area contributed by atoms with Crippen molar-refractivity contribution in [3.63, 3.8) is 0 Å². The normalized spacial score (nSPS) is 11.6. The van der Waals surface area contributed by atoms with E-state index in [2.05, 4.69) is 6.92 Å². The van der Waals surface area contributed by atoms with Crippen LogP contribution in [-0.2, 0) is 4.79 Å². The maximum atomic E-state index is 11.2. The summed E-state index contributed by atoms with van der Waals surface area (Å²) in [4.78, 5) is 9.86. The lowest BCUT2D eigenvalue weighted by Gasteiger charge is -2.00. The Morgan fingerprint density at radius 1 is 1.56 bits per heavy atom. The van der Waals surface area contributed by atoms with Crippen LogP contribution in [0.15, 0.2) is 0 Å². The summed E-state index contributed by atoms with van der Waals surface area (Å²) in [7, 11) is 0. The molecule has 0 amide bonds. The van der Waals surface area contributed by atoms with Gasteiger partial charge in [-0.3, -0.25) is 4.79 Å². The molecule has 53 valence electrons. The topological polar surface area (TPSA) is 17.1 Å². The number of halogens is 3. The largest absolute Gasteiger partial charge is 0.460 e. The molecular weight excluding hydrogens is 153 g/mol. The fourth-order valence-corrected chi connectivity index (χ4v) is 0.524. The van der Waals surface area contributed by atoms with Crippen molar-refractivity contribution in [2.24, 2.45) is 0 Å². The summed E-state index contributed by atoms with van der Waals surface area (Å²) in [5.41, 5.74) is 0. The standard InChI is InChI=1S/C4H4F3OS/c1-2-9-3(8)4(5,6)7/h1-2H2. The van der Waals surface area contributed by atoms with Crippen LogP contribution < -0.4 is 0 Å². The second kappa shape index (κ2) is 3.10. The van der Waals surface area contributed by atoms with Crippen LogP contribution in [0.4, 0.5) is 13.2 Å². The average molecular weight is 157 g/mol. The number of carbonyl (C=O) groups excluding carboxylic acids is 1. The van der Waals surface area contributed by atoms with Gasteiger partial charge in [-0.15, -0.1) is 0 Å². The molecule has 0 fully saturated rings. The average Bonchev–Trinajstić information content (AvgIpc) is 1.64. The second-order valence-corrected chi connectivity index (χ2v) is 2.20. The Morgan fingerprint density at radius 2 is 2.00 bits per heavy atom. The summed E-state index contributed by atoms with van der Waals surface area (Å²) < 4.78 is 33.7. The molecule has 0 unspecified atom stereocenters. The molecule has 0 aromatic carbocycles. The van der Waals surface area contributed by atoms with Gasteiger partial charge in [0, 0.05) is 5.75 Å². The van der Waals surface area contributed by atoms with E-state index in [1.54, 1.807) is 0 Å². The summed E-state index contributed by atoms with van der Waals surface area (Å²) in [5, 5.41) is -1.78. The zero-order valence-corrected chi connectivity index (χ0v) is 5.18. The summed E-state index contributed by atoms with van der Waals surface area (Å²) in [6.07, 6.45) is -4.71. The van der Waals surface area contributed by atoms with Crippen LogP contribution in [0.5, 0.6) is 0 Å². The SMILES string of the molecule is [CH2]CSC(=O)C(F)(F)F. The highest BCUT2D eigenvalue weighted by Gasteiger charge is 2.37. The molecule has 0 rings (SSSR count). The Bertz CT molecular complexity index is 109. The molecule has 0 spiro atoms. The van der Waals surface area contributed by atoms with Gasteiger partial charge in [0.05, 0.1) is 0 Å². The van der Waals surface area contributed by atoms with Gasteiger partial charge in [0.1, 0.15) is 0 Å². The van der Waals surface area contributed by atoms with E-state index in [-0.39, 0.29) is 17.5 Å². The van der Waals surface area contributed by atoms with Crippen molar-refractivity contribution in [2.75, 3.05) is 5.75 Å². The van der Waals surface area contributed by atoms with Gasteiger partial charge >= 0.3 is 6.18 Å². The fourth-order valence-electron chi connectivity index (χ4n) is 0.175. The molecule has 0 aliphatic carbocycles. The number of thioether (sulfide) groups is 1. The number of hydrogen-bond donors (Lipinski definition) is 0. The highest BCUT2D eigenvalue weighted by Crippen LogP contribution is 2.22. The minimum Gasteiger partial charge on any atom is -0.277 e. The minimum absolute atomic E-state index is 0.0850. The smallest absolute Gasteiger partial charge is 0.277 e. The van der Waals surface area contributed by atoms with Crippen molar-refractivity contribution in [2.45, 2.75) is 6.18 Å². The van der Waals surface area contributed by atoms with Crippen LogP contribution in [0.2, 0.25) is 0 Å². The predicted molar refractivity (Wildman–Crippen MR) is 28.9 cm³/mol. The molecule has 5 heteroatoms. The number of carbonyl (C=O) groups is 1. The summed E-state index contributed by atoms with van der Waals surface area (Å²) in [5.74, 6) is -0.0850. The molecule has 9 heavy (non-hydrogen) atoms. The molecule has 0 atom stereocenters. The van der Waals surface area contributed by atoms with Crippen molar-refractivity contribution in [1.82, 2.24) is 0 Å². The molecule has 0 aliphatic heterocycles. The second-order valence-electron chi connectivity index (χ2n) is 1.13. The molecule has 0 aromatic rings. The highest BCUT2D eigenvalue weighted by atomic mass is 32.2. The minimum atomic E-state index is -4.71. The van der Waals surface area contributed by atoms with Crippen LogP contribution in [0.3, 0.4) is 0 Å². The summed E-state index contributed by atoms with van der Waals surface area (Å²) in [6.45, 7) is 3.08. The van der Waals surface area contributed by atoms with Crippen molar-refractivity contribution < 1.29 is 18.0 Å². The van der Waals surface area contributed by atoms with E-state index < -0.39 is 11.3 Å². The molecule has 1 nitrogen and oxygen atoms in total. The maximum Gasteiger partial charge on any atom is 0.460 e. The first-order valence-electron chi connectivity index (χ1n) is 2.01. The Hall–Kier alpha value is -0.190. The van der Waals surface area contributed by atoms with E-state index in [9.17, 15) is 18.0 Å². The summed E-state index contributed by atoms with van der Waals surface area (Å²) >= 11 is 0.163. The van der Waals surface area contributed by atoms with Crippen molar-refractivity contribution in [1.29, 1.82) is 0 Å². The van der Waals surface area contributed by atoms with Gasteiger partial charge in [0.2, 0.25) is 0 Å². The first-order chi connectivity index (χ1) is 3.98. The van der Waals surface area contributed by atoms with E-state index in [0.717, 1.165) is 0 Å². The Balaban J connectivity index is 3.74. The zero-order chi connectivity index (χ0) is 7.49. The van der Waals surface area contributed by atoms with Gasteiger partial charge < -0.3 is 0 Å². The van der Waals surface area contributed by atoms with Crippen LogP contribution in [0.1, 0.15) is 0 Å². The molecule has 0 saturated carbocycles. The van der Waals surface area contributed by atoms with Crippen molar-refractivity contribution in [3.8, 4) is 0 Å². The lowest BCUT2D eigenvalue weighted by atomic mass is 10.8. The van der Waals surface area contributed by atoms with Gasteiger partial charge in [-0.1, -0.05) is 11.8 Å². The first-order valence-corrected chi connectivity index (χ1v) is 3.00. The van der Waals surface area contributed by atoms with E-state index in [1.807, 2.05) is 0 Å². The first kappa shape index (κ1) is 8.81. The lowest BCUT2D eigenvalue weighted by molar-refractivity contribution is -0.160. The van der Waals surface area contributed by atoms with Gasteiger partial charge in [0.25, 0.3) is 5.12 Å². The number of alkyl halides is 3. The molecule has 0 heterocycles.